The minimum Gasteiger partial charge on any atom is -0.284 e. The van der Waals surface area contributed by atoms with Crippen molar-refractivity contribution in [1.82, 2.24) is 10.2 Å². The number of fused-ring (bicyclic) bond motifs is 1. The fourth-order valence-corrected chi connectivity index (χ4v) is 4.07. The summed E-state index contributed by atoms with van der Waals surface area (Å²) in [6.45, 7) is 0.232. The molecule has 3 rings (SSSR count). The number of H-pyrrole nitrogens is 1. The Balaban J connectivity index is 2.13. The summed E-state index contributed by atoms with van der Waals surface area (Å²) in [6, 6.07) is 3.01. The summed E-state index contributed by atoms with van der Waals surface area (Å²) in [5.74, 6) is -0.547. The van der Waals surface area contributed by atoms with E-state index in [4.69, 9.17) is 0 Å². The lowest BCUT2D eigenvalue weighted by Crippen LogP contribution is -2.29. The molecule has 0 atom stereocenters. The number of halogens is 2. The van der Waals surface area contributed by atoms with Gasteiger partial charge in [0, 0.05) is 17.2 Å². The lowest BCUT2D eigenvalue weighted by molar-refractivity contribution is 0.588. The number of rotatable bonds is 2. The van der Waals surface area contributed by atoms with Crippen molar-refractivity contribution in [2.24, 2.45) is 0 Å². The molecule has 0 spiro atoms. The summed E-state index contributed by atoms with van der Waals surface area (Å²) in [7, 11) is -3.76. The third-order valence-electron chi connectivity index (χ3n) is 3.00. The van der Waals surface area contributed by atoms with E-state index in [1.807, 2.05) is 0 Å². The fourth-order valence-electron chi connectivity index (χ4n) is 2.17. The van der Waals surface area contributed by atoms with Gasteiger partial charge in [0.15, 0.2) is 0 Å². The predicted octanol–water partition coefficient (Wildman–Crippen LogP) is 2.06. The molecule has 2 heterocycles. The summed E-state index contributed by atoms with van der Waals surface area (Å²) < 4.78 is 40.5. The van der Waals surface area contributed by atoms with E-state index in [-0.39, 0.29) is 17.1 Å². The van der Waals surface area contributed by atoms with Crippen LogP contribution in [0.5, 0.6) is 0 Å². The molecule has 0 unspecified atom stereocenters. The zero-order valence-corrected chi connectivity index (χ0v) is 12.0. The first kappa shape index (κ1) is 12.6. The lowest BCUT2D eigenvalue weighted by Gasteiger charge is -2.18. The van der Waals surface area contributed by atoms with Crippen LogP contribution in [-0.2, 0) is 16.4 Å². The molecule has 1 aliphatic heterocycles. The monoisotopic (exact) mass is 345 g/mol. The number of nitrogens with one attached hydrogen (secondary N) is 1. The Hall–Kier alpha value is -1.41. The van der Waals surface area contributed by atoms with E-state index in [1.54, 1.807) is 6.07 Å². The van der Waals surface area contributed by atoms with E-state index < -0.39 is 15.8 Å². The van der Waals surface area contributed by atoms with E-state index in [0.29, 0.717) is 16.5 Å². The Morgan fingerprint density at radius 1 is 1.42 bits per heavy atom. The van der Waals surface area contributed by atoms with Crippen LogP contribution in [0.4, 0.5) is 10.1 Å². The topological polar surface area (TPSA) is 66.1 Å². The standard InChI is InChI=1S/C11H9BrFN3O2S/c12-8-3-7-1-2-16(11(7)10(13)4-8)19(17,18)9-5-14-15-6-9/h3-6H,1-2H2,(H,14,15). The van der Waals surface area contributed by atoms with Crippen molar-refractivity contribution >= 4 is 31.6 Å². The molecule has 1 aromatic carbocycles. The maximum absolute atomic E-state index is 14.0. The molecular formula is C11H9BrFN3O2S. The Kier molecular flexibility index (Phi) is 2.86. The zero-order valence-electron chi connectivity index (χ0n) is 9.60. The molecule has 0 bridgehead atoms. The second-order valence-corrected chi connectivity index (χ2v) is 6.93. The first-order valence-corrected chi connectivity index (χ1v) is 7.73. The van der Waals surface area contributed by atoms with Gasteiger partial charge < -0.3 is 0 Å². The third kappa shape index (κ3) is 1.95. The van der Waals surface area contributed by atoms with Crippen molar-refractivity contribution in [3.63, 3.8) is 0 Å². The molecule has 1 aliphatic rings. The summed E-state index contributed by atoms with van der Waals surface area (Å²) in [6.07, 6.45) is 2.98. The Morgan fingerprint density at radius 3 is 2.89 bits per heavy atom. The number of aromatic amines is 1. The largest absolute Gasteiger partial charge is 0.284 e. The molecule has 0 aliphatic carbocycles. The number of nitrogens with zero attached hydrogens (tertiary/aromatic N) is 2. The van der Waals surface area contributed by atoms with Crippen molar-refractivity contribution in [1.29, 1.82) is 0 Å². The van der Waals surface area contributed by atoms with Gasteiger partial charge in [-0.15, -0.1) is 0 Å². The molecule has 19 heavy (non-hydrogen) atoms. The highest BCUT2D eigenvalue weighted by molar-refractivity contribution is 9.10. The highest BCUT2D eigenvalue weighted by Gasteiger charge is 2.34. The van der Waals surface area contributed by atoms with Crippen LogP contribution in [0.25, 0.3) is 0 Å². The van der Waals surface area contributed by atoms with E-state index >= 15 is 0 Å². The van der Waals surface area contributed by atoms with Gasteiger partial charge in [-0.2, -0.15) is 5.10 Å². The van der Waals surface area contributed by atoms with E-state index in [2.05, 4.69) is 26.1 Å². The van der Waals surface area contributed by atoms with Crippen LogP contribution in [0.3, 0.4) is 0 Å². The number of hydrogen-bond acceptors (Lipinski definition) is 3. The SMILES string of the molecule is O=S(=O)(c1cn[nH]c1)N1CCc2cc(Br)cc(F)c21. The van der Waals surface area contributed by atoms with Crippen molar-refractivity contribution in [3.8, 4) is 0 Å². The molecule has 8 heteroatoms. The van der Waals surface area contributed by atoms with E-state index in [1.165, 1.54) is 18.5 Å². The van der Waals surface area contributed by atoms with Gasteiger partial charge in [0.1, 0.15) is 10.7 Å². The molecule has 0 fully saturated rings. The normalized spacial score (nSPS) is 14.7. The second-order valence-electron chi connectivity index (χ2n) is 4.16. The highest BCUT2D eigenvalue weighted by Crippen LogP contribution is 2.36. The molecule has 1 aromatic heterocycles. The number of aromatic nitrogens is 2. The van der Waals surface area contributed by atoms with Gasteiger partial charge in [-0.25, -0.2) is 12.8 Å². The number of anilines is 1. The Bertz CT molecular complexity index is 731. The second kappa shape index (κ2) is 4.31. The predicted molar refractivity (Wildman–Crippen MR) is 70.9 cm³/mol. The fraction of sp³-hybridized carbons (Fsp3) is 0.182. The first-order valence-electron chi connectivity index (χ1n) is 5.49. The highest BCUT2D eigenvalue weighted by atomic mass is 79.9. The van der Waals surface area contributed by atoms with Crippen molar-refractivity contribution in [2.45, 2.75) is 11.3 Å². The molecular weight excluding hydrogens is 337 g/mol. The van der Waals surface area contributed by atoms with Gasteiger partial charge in [-0.1, -0.05) is 15.9 Å². The van der Waals surface area contributed by atoms with E-state index in [0.717, 1.165) is 4.31 Å². The van der Waals surface area contributed by atoms with Crippen LogP contribution in [-0.4, -0.2) is 25.2 Å². The lowest BCUT2D eigenvalue weighted by atomic mass is 10.2. The summed E-state index contributed by atoms with van der Waals surface area (Å²) in [5, 5.41) is 6.07. The molecule has 100 valence electrons. The molecule has 0 saturated heterocycles. The molecule has 0 saturated carbocycles. The number of hydrogen-bond donors (Lipinski definition) is 1. The van der Waals surface area contributed by atoms with Crippen LogP contribution in [0.15, 0.2) is 33.9 Å². The van der Waals surface area contributed by atoms with E-state index in [9.17, 15) is 12.8 Å². The van der Waals surface area contributed by atoms with Gasteiger partial charge in [0.2, 0.25) is 0 Å². The molecule has 1 N–H and O–H groups in total. The minimum atomic E-state index is -3.76. The average molecular weight is 346 g/mol. The number of benzene rings is 1. The van der Waals surface area contributed by atoms with Gasteiger partial charge >= 0.3 is 0 Å². The van der Waals surface area contributed by atoms with Crippen molar-refractivity contribution in [2.75, 3.05) is 10.8 Å². The van der Waals surface area contributed by atoms with Crippen LogP contribution in [0.2, 0.25) is 0 Å². The first-order chi connectivity index (χ1) is 9.00. The van der Waals surface area contributed by atoms with Crippen molar-refractivity contribution < 1.29 is 12.8 Å². The summed E-state index contributed by atoms with van der Waals surface area (Å²) in [5.41, 5.74) is 0.809. The third-order valence-corrected chi connectivity index (χ3v) is 5.22. The van der Waals surface area contributed by atoms with Gasteiger partial charge in [-0.3, -0.25) is 9.40 Å². The number of sulfonamides is 1. The van der Waals surface area contributed by atoms with Crippen LogP contribution in [0, 0.1) is 5.82 Å². The van der Waals surface area contributed by atoms with Crippen LogP contribution >= 0.6 is 15.9 Å². The van der Waals surface area contributed by atoms with Crippen LogP contribution < -0.4 is 4.31 Å². The maximum Gasteiger partial charge on any atom is 0.267 e. The van der Waals surface area contributed by atoms with Crippen LogP contribution in [0.1, 0.15) is 5.56 Å². The molecule has 0 amide bonds. The van der Waals surface area contributed by atoms with Gasteiger partial charge in [-0.05, 0) is 24.1 Å². The zero-order chi connectivity index (χ0) is 13.6. The molecule has 5 nitrogen and oxygen atoms in total. The van der Waals surface area contributed by atoms with Crippen molar-refractivity contribution in [3.05, 3.63) is 40.4 Å². The smallest absolute Gasteiger partial charge is 0.267 e. The van der Waals surface area contributed by atoms with Gasteiger partial charge in [0.05, 0.1) is 11.9 Å². The minimum absolute atomic E-state index is 0.0302. The van der Waals surface area contributed by atoms with Gasteiger partial charge in [0.25, 0.3) is 10.0 Å². The molecule has 2 aromatic rings. The summed E-state index contributed by atoms with van der Waals surface area (Å²) in [4.78, 5) is 0.0302. The average Bonchev–Trinajstić information content (AvgIpc) is 2.97. The quantitative estimate of drug-likeness (QED) is 0.905. The summed E-state index contributed by atoms with van der Waals surface area (Å²) >= 11 is 3.20. The Labute approximate surface area is 117 Å². The Morgan fingerprint density at radius 2 is 2.21 bits per heavy atom. The molecule has 0 radical (unpaired) electrons. The maximum atomic E-state index is 14.0.